The van der Waals surface area contributed by atoms with E-state index in [0.717, 1.165) is 18.6 Å². The third-order valence-electron chi connectivity index (χ3n) is 3.97. The summed E-state index contributed by atoms with van der Waals surface area (Å²) in [5.41, 5.74) is 1.02. The number of para-hydroxylation sites is 1. The van der Waals surface area contributed by atoms with E-state index in [0.29, 0.717) is 22.8 Å². The Hall–Kier alpha value is -3.26. The number of nitrogens with one attached hydrogen (secondary N) is 2. The Kier molecular flexibility index (Phi) is 7.29. The fraction of sp³-hybridized carbons (Fsp3) is 0.238. The molecule has 3 aromatic rings. The fourth-order valence-electron chi connectivity index (χ4n) is 2.47. The highest BCUT2D eigenvalue weighted by molar-refractivity contribution is 7.13. The summed E-state index contributed by atoms with van der Waals surface area (Å²) in [6.45, 7) is 2.93. The number of ether oxygens (including phenoxy) is 1. The van der Waals surface area contributed by atoms with Gasteiger partial charge in [0.2, 0.25) is 5.01 Å². The quantitative estimate of drug-likeness (QED) is 0.522. The molecule has 0 aliphatic rings. The normalized spacial score (nSPS) is 10.4. The van der Waals surface area contributed by atoms with Crippen molar-refractivity contribution in [1.29, 1.82) is 0 Å². The van der Waals surface area contributed by atoms with E-state index in [9.17, 15) is 9.59 Å². The van der Waals surface area contributed by atoms with Gasteiger partial charge in [-0.15, -0.1) is 10.2 Å². The van der Waals surface area contributed by atoms with Crippen LogP contribution in [0.1, 0.15) is 44.9 Å². The molecular weight excluding hydrogens is 388 g/mol. The van der Waals surface area contributed by atoms with Gasteiger partial charge in [-0.3, -0.25) is 9.59 Å². The number of unbranched alkanes of at least 4 members (excludes halogenated alkanes) is 1. The maximum atomic E-state index is 12.4. The Balaban J connectivity index is 1.57. The molecule has 0 unspecified atom stereocenters. The summed E-state index contributed by atoms with van der Waals surface area (Å²) < 4.78 is 5.62. The number of carbonyl (C=O) groups excluding carboxylic acids is 2. The summed E-state index contributed by atoms with van der Waals surface area (Å²) in [5.74, 6) is 0.186. The molecule has 3 rings (SSSR count). The number of amides is 2. The van der Waals surface area contributed by atoms with Gasteiger partial charge in [0.05, 0.1) is 0 Å². The summed E-state index contributed by atoms with van der Waals surface area (Å²) in [6.07, 6.45) is 1.94. The molecule has 0 saturated heterocycles. The molecule has 1 aromatic heterocycles. The van der Waals surface area contributed by atoms with Gasteiger partial charge in [0.25, 0.3) is 11.8 Å². The predicted molar refractivity (Wildman–Crippen MR) is 112 cm³/mol. The summed E-state index contributed by atoms with van der Waals surface area (Å²) in [7, 11) is 0. The number of hydrogen-bond acceptors (Lipinski definition) is 6. The van der Waals surface area contributed by atoms with E-state index < -0.39 is 0 Å². The first kappa shape index (κ1) is 20.5. The number of aromatic nitrogens is 2. The fourth-order valence-corrected chi connectivity index (χ4v) is 3.12. The zero-order valence-electron chi connectivity index (χ0n) is 16.1. The van der Waals surface area contributed by atoms with Crippen molar-refractivity contribution < 1.29 is 14.3 Å². The second kappa shape index (κ2) is 10.3. The molecule has 1 heterocycles. The first-order chi connectivity index (χ1) is 14.2. The van der Waals surface area contributed by atoms with Gasteiger partial charge >= 0.3 is 0 Å². The van der Waals surface area contributed by atoms with E-state index in [1.165, 1.54) is 11.3 Å². The monoisotopic (exact) mass is 410 g/mol. The highest BCUT2D eigenvalue weighted by Crippen LogP contribution is 2.17. The number of carbonyl (C=O) groups is 2. The lowest BCUT2D eigenvalue weighted by Gasteiger charge is -2.07. The molecule has 2 N–H and O–H groups in total. The van der Waals surface area contributed by atoms with E-state index in [2.05, 4.69) is 27.8 Å². The van der Waals surface area contributed by atoms with Crippen LogP contribution in [-0.2, 0) is 6.61 Å². The standard InChI is InChI=1S/C21H22N4O3S/c1-2-3-12-22-19(26)15-8-7-9-16(13-15)23-20(27)21-25-24-18(29-21)14-28-17-10-5-4-6-11-17/h4-11,13H,2-3,12,14H2,1H3,(H,22,26)(H,23,27). The molecule has 0 fully saturated rings. The Bertz CT molecular complexity index is 959. The minimum atomic E-state index is -0.378. The van der Waals surface area contributed by atoms with Crippen LogP contribution in [-0.4, -0.2) is 28.6 Å². The molecule has 0 spiro atoms. The maximum Gasteiger partial charge on any atom is 0.286 e. The minimum Gasteiger partial charge on any atom is -0.486 e. The zero-order chi connectivity index (χ0) is 20.5. The van der Waals surface area contributed by atoms with Gasteiger partial charge in [0, 0.05) is 17.8 Å². The van der Waals surface area contributed by atoms with E-state index in [4.69, 9.17) is 4.74 Å². The maximum absolute atomic E-state index is 12.4. The average molecular weight is 410 g/mol. The SMILES string of the molecule is CCCCNC(=O)c1cccc(NC(=O)c2nnc(COc3ccccc3)s2)c1. The van der Waals surface area contributed by atoms with Crippen molar-refractivity contribution in [2.45, 2.75) is 26.4 Å². The van der Waals surface area contributed by atoms with Crippen molar-refractivity contribution in [2.24, 2.45) is 0 Å². The van der Waals surface area contributed by atoms with Crippen molar-refractivity contribution >= 4 is 28.8 Å². The molecule has 8 heteroatoms. The molecule has 29 heavy (non-hydrogen) atoms. The first-order valence-corrected chi connectivity index (χ1v) is 10.2. The highest BCUT2D eigenvalue weighted by Gasteiger charge is 2.14. The van der Waals surface area contributed by atoms with E-state index >= 15 is 0 Å². The molecular formula is C21H22N4O3S. The molecule has 0 atom stereocenters. The van der Waals surface area contributed by atoms with Gasteiger partial charge in [-0.25, -0.2) is 0 Å². The van der Waals surface area contributed by atoms with Gasteiger partial charge in [-0.05, 0) is 36.8 Å². The van der Waals surface area contributed by atoms with Crippen LogP contribution in [0.4, 0.5) is 5.69 Å². The molecule has 0 radical (unpaired) electrons. The number of benzene rings is 2. The van der Waals surface area contributed by atoms with Crippen molar-refractivity contribution in [1.82, 2.24) is 15.5 Å². The lowest BCUT2D eigenvalue weighted by Crippen LogP contribution is -2.24. The Labute approximate surface area is 173 Å². The molecule has 0 aliphatic heterocycles. The summed E-state index contributed by atoms with van der Waals surface area (Å²) in [4.78, 5) is 24.6. The lowest BCUT2D eigenvalue weighted by atomic mass is 10.2. The minimum absolute atomic E-state index is 0.161. The van der Waals surface area contributed by atoms with Crippen LogP contribution in [0.15, 0.2) is 54.6 Å². The number of anilines is 1. The van der Waals surface area contributed by atoms with Crippen molar-refractivity contribution in [3.8, 4) is 5.75 Å². The molecule has 2 amide bonds. The van der Waals surface area contributed by atoms with Crippen LogP contribution < -0.4 is 15.4 Å². The molecule has 2 aromatic carbocycles. The number of rotatable bonds is 9. The average Bonchev–Trinajstić information content (AvgIpc) is 3.23. The van der Waals surface area contributed by atoms with Crippen LogP contribution in [0.3, 0.4) is 0 Å². The first-order valence-electron chi connectivity index (χ1n) is 9.35. The van der Waals surface area contributed by atoms with E-state index in [1.807, 2.05) is 30.3 Å². The smallest absolute Gasteiger partial charge is 0.286 e. The van der Waals surface area contributed by atoms with Crippen LogP contribution in [0, 0.1) is 0 Å². The largest absolute Gasteiger partial charge is 0.486 e. The third kappa shape index (κ3) is 6.11. The van der Waals surface area contributed by atoms with Gasteiger partial charge < -0.3 is 15.4 Å². The van der Waals surface area contributed by atoms with Crippen LogP contribution in [0.25, 0.3) is 0 Å². The summed E-state index contributed by atoms with van der Waals surface area (Å²) in [5, 5.41) is 14.4. The van der Waals surface area contributed by atoms with Gasteiger partial charge in [0.1, 0.15) is 12.4 Å². The Morgan fingerprint density at radius 1 is 1.03 bits per heavy atom. The molecule has 0 aliphatic carbocycles. The molecule has 0 saturated carbocycles. The highest BCUT2D eigenvalue weighted by atomic mass is 32.1. The molecule has 0 bridgehead atoms. The third-order valence-corrected chi connectivity index (χ3v) is 4.86. The second-order valence-corrected chi connectivity index (χ2v) is 7.31. The summed E-state index contributed by atoms with van der Waals surface area (Å²) in [6, 6.07) is 16.2. The predicted octanol–water partition coefficient (Wildman–Crippen LogP) is 3.90. The summed E-state index contributed by atoms with van der Waals surface area (Å²) >= 11 is 1.17. The topological polar surface area (TPSA) is 93.2 Å². The number of nitrogens with zero attached hydrogens (tertiary/aromatic N) is 2. The van der Waals surface area contributed by atoms with Crippen molar-refractivity contribution in [3.63, 3.8) is 0 Å². The van der Waals surface area contributed by atoms with Crippen LogP contribution in [0.5, 0.6) is 5.75 Å². The lowest BCUT2D eigenvalue weighted by molar-refractivity contribution is 0.0951. The zero-order valence-corrected chi connectivity index (χ0v) is 16.9. The Morgan fingerprint density at radius 2 is 1.86 bits per heavy atom. The van der Waals surface area contributed by atoms with Crippen molar-refractivity contribution in [2.75, 3.05) is 11.9 Å². The Morgan fingerprint density at radius 3 is 2.66 bits per heavy atom. The van der Waals surface area contributed by atoms with Crippen LogP contribution >= 0.6 is 11.3 Å². The number of hydrogen-bond donors (Lipinski definition) is 2. The van der Waals surface area contributed by atoms with E-state index in [1.54, 1.807) is 24.3 Å². The molecule has 7 nitrogen and oxygen atoms in total. The van der Waals surface area contributed by atoms with E-state index in [-0.39, 0.29) is 23.4 Å². The van der Waals surface area contributed by atoms with Gasteiger partial charge in [-0.1, -0.05) is 48.9 Å². The van der Waals surface area contributed by atoms with Crippen LogP contribution in [0.2, 0.25) is 0 Å². The molecule has 150 valence electrons. The van der Waals surface area contributed by atoms with Crippen molar-refractivity contribution in [3.05, 3.63) is 70.2 Å². The van der Waals surface area contributed by atoms with Gasteiger partial charge in [-0.2, -0.15) is 0 Å². The van der Waals surface area contributed by atoms with Gasteiger partial charge in [0.15, 0.2) is 5.01 Å². The second-order valence-electron chi connectivity index (χ2n) is 6.25.